The maximum Gasteiger partial charge on any atom is 0.305 e. The topological polar surface area (TPSA) is 109 Å². The lowest BCUT2D eigenvalue weighted by Crippen LogP contribution is -2.01. The van der Waals surface area contributed by atoms with Gasteiger partial charge in [0.25, 0.3) is 0 Å². The van der Waals surface area contributed by atoms with Crippen molar-refractivity contribution in [2.75, 3.05) is 0 Å². The fraction of sp³-hybridized carbons (Fsp3) is 0. The first kappa shape index (κ1) is 12.0. The third-order valence-electron chi connectivity index (χ3n) is 2.13. The number of nitrogens with one attached hydrogen (secondary N) is 2. The molecule has 0 atom stereocenters. The zero-order valence-corrected chi connectivity index (χ0v) is 9.81. The van der Waals surface area contributed by atoms with Gasteiger partial charge in [0.2, 0.25) is 0 Å². The van der Waals surface area contributed by atoms with Crippen LogP contribution in [0, 0.1) is 15.3 Å². The van der Waals surface area contributed by atoms with Crippen molar-refractivity contribution in [3.05, 3.63) is 50.5 Å². The first-order valence-corrected chi connectivity index (χ1v) is 5.81. The van der Waals surface area contributed by atoms with Gasteiger partial charge in [-0.3, -0.25) is 0 Å². The van der Waals surface area contributed by atoms with E-state index in [2.05, 4.69) is 15.0 Å². The third kappa shape index (κ3) is 2.80. The average molecular weight is 264 g/mol. The molecule has 0 aliphatic rings. The molecule has 1 aromatic carbocycles. The number of nitrogens with zero attached hydrogens (tertiary/aromatic N) is 2. The first-order valence-electron chi connectivity index (χ1n) is 4.87. The summed E-state index contributed by atoms with van der Waals surface area (Å²) in [4.78, 5) is 19.1. The molecule has 0 amide bonds. The van der Waals surface area contributed by atoms with E-state index in [1.54, 1.807) is 11.3 Å². The van der Waals surface area contributed by atoms with Gasteiger partial charge in [0.1, 0.15) is 0 Å². The van der Waals surface area contributed by atoms with Crippen molar-refractivity contribution in [3.63, 3.8) is 0 Å². The van der Waals surface area contributed by atoms with E-state index in [-0.39, 0.29) is 0 Å². The monoisotopic (exact) mass is 264 g/mol. The second-order valence-electron chi connectivity index (χ2n) is 3.27. The summed E-state index contributed by atoms with van der Waals surface area (Å²) in [7, 11) is 0. The molecule has 0 bridgehead atoms. The minimum absolute atomic E-state index is 0.964. The Morgan fingerprint density at radius 3 is 2.67 bits per heavy atom. The van der Waals surface area contributed by atoms with E-state index in [4.69, 9.17) is 15.3 Å². The molecule has 2 N–H and O–H groups in total. The molecular weight excluding hydrogens is 256 g/mol. The van der Waals surface area contributed by atoms with Crippen molar-refractivity contribution >= 4 is 22.4 Å². The number of para-hydroxylation sites is 2. The van der Waals surface area contributed by atoms with E-state index in [1.807, 2.05) is 35.2 Å². The maximum atomic E-state index is 8.25. The quantitative estimate of drug-likeness (QED) is 0.534. The van der Waals surface area contributed by atoms with Crippen LogP contribution in [0.1, 0.15) is 0 Å². The molecule has 8 heteroatoms. The van der Waals surface area contributed by atoms with Crippen LogP contribution in [0.25, 0.3) is 22.6 Å². The Balaban J connectivity index is 0.000000267. The summed E-state index contributed by atoms with van der Waals surface area (Å²) < 4.78 is 0. The van der Waals surface area contributed by atoms with Crippen LogP contribution in [-0.4, -0.2) is 15.1 Å². The van der Waals surface area contributed by atoms with Gasteiger partial charge in [-0.05, 0) is 12.1 Å². The molecule has 7 nitrogen and oxygen atoms in total. The molecule has 2 heterocycles. The van der Waals surface area contributed by atoms with E-state index in [9.17, 15) is 0 Å². The van der Waals surface area contributed by atoms with Crippen LogP contribution in [0.5, 0.6) is 0 Å². The number of hydrogen-bond donors (Lipinski definition) is 1. The van der Waals surface area contributed by atoms with Crippen LogP contribution in [-0.2, 0) is 0 Å². The van der Waals surface area contributed by atoms with E-state index >= 15 is 0 Å². The molecule has 92 valence electrons. The highest BCUT2D eigenvalue weighted by Gasteiger charge is 2.12. The molecule has 0 aliphatic heterocycles. The standard InChI is InChI=1S/C10H7N3S.NO3/c1-2-4-8-7(3-1)12-10(13-8)9-5-14-6-11-9;2-1(3)4/h1-6H,(H,12,13);/q;-1/p+1. The number of hydrogen-bond acceptors (Lipinski definition) is 5. The average Bonchev–Trinajstić information content (AvgIpc) is 2.97. The molecule has 0 fully saturated rings. The second-order valence-corrected chi connectivity index (χ2v) is 3.99. The summed E-state index contributed by atoms with van der Waals surface area (Å²) in [5, 5.41) is 16.8. The summed E-state index contributed by atoms with van der Waals surface area (Å²) in [6.07, 6.45) is 0. The normalized spacial score (nSPS) is 9.78. The number of aromatic amines is 2. The zero-order chi connectivity index (χ0) is 13.0. The predicted molar refractivity (Wildman–Crippen MR) is 66.3 cm³/mol. The van der Waals surface area contributed by atoms with Crippen molar-refractivity contribution in [2.24, 2.45) is 0 Å². The van der Waals surface area contributed by atoms with Gasteiger partial charge >= 0.3 is 5.82 Å². The molecule has 18 heavy (non-hydrogen) atoms. The first-order chi connectivity index (χ1) is 8.66. The van der Waals surface area contributed by atoms with E-state index < -0.39 is 5.09 Å². The van der Waals surface area contributed by atoms with Crippen molar-refractivity contribution in [2.45, 2.75) is 0 Å². The molecule has 0 unspecified atom stereocenters. The number of thiazole rings is 1. The Kier molecular flexibility index (Phi) is 3.49. The molecule has 0 radical (unpaired) electrons. The lowest BCUT2D eigenvalue weighted by molar-refractivity contribution is -0.402. The lowest BCUT2D eigenvalue weighted by Gasteiger charge is -1.77. The van der Waals surface area contributed by atoms with Gasteiger partial charge in [-0.25, -0.2) is 15.0 Å². The summed E-state index contributed by atoms with van der Waals surface area (Å²) in [5.41, 5.74) is 5.01. The molecule has 3 aromatic rings. The predicted octanol–water partition coefficient (Wildman–Crippen LogP) is 1.87. The Morgan fingerprint density at radius 2 is 2.06 bits per heavy atom. The second kappa shape index (κ2) is 5.23. The van der Waals surface area contributed by atoms with Gasteiger partial charge < -0.3 is 15.3 Å². The summed E-state index contributed by atoms with van der Waals surface area (Å²) in [6.45, 7) is 0. The largest absolute Gasteiger partial charge is 0.356 e. The Bertz CT molecular complexity index is 613. The Morgan fingerprint density at radius 1 is 1.33 bits per heavy atom. The minimum Gasteiger partial charge on any atom is -0.356 e. The number of rotatable bonds is 1. The molecule has 2 aromatic heterocycles. The van der Waals surface area contributed by atoms with Crippen LogP contribution in [0.15, 0.2) is 35.2 Å². The van der Waals surface area contributed by atoms with Gasteiger partial charge in [0.05, 0.1) is 10.6 Å². The summed E-state index contributed by atoms with van der Waals surface area (Å²) in [5.74, 6) is 0.965. The number of benzene rings is 1. The van der Waals surface area contributed by atoms with E-state index in [0.29, 0.717) is 0 Å². The van der Waals surface area contributed by atoms with Crippen LogP contribution in [0.2, 0.25) is 0 Å². The lowest BCUT2D eigenvalue weighted by atomic mass is 10.3. The third-order valence-corrected chi connectivity index (χ3v) is 2.72. The van der Waals surface area contributed by atoms with Gasteiger partial charge in [-0.2, -0.15) is 0 Å². The fourth-order valence-corrected chi connectivity index (χ4v) is 2.01. The van der Waals surface area contributed by atoms with Crippen LogP contribution < -0.4 is 4.98 Å². The molecule has 0 saturated carbocycles. The van der Waals surface area contributed by atoms with Crippen molar-refractivity contribution < 1.29 is 10.1 Å². The smallest absolute Gasteiger partial charge is 0.305 e. The Labute approximate surface area is 105 Å². The van der Waals surface area contributed by atoms with Crippen molar-refractivity contribution in [1.82, 2.24) is 9.97 Å². The van der Waals surface area contributed by atoms with Gasteiger partial charge in [-0.1, -0.05) is 12.1 Å². The van der Waals surface area contributed by atoms with Crippen LogP contribution in [0.3, 0.4) is 0 Å². The number of fused-ring (bicyclic) bond motifs is 1. The SMILES string of the molecule is O=[N+]([O-])[O-].c1ccc2[nH+]c(-c3cscn3)[nH]c2c1. The van der Waals surface area contributed by atoms with Gasteiger partial charge in [0.15, 0.2) is 16.7 Å². The van der Waals surface area contributed by atoms with E-state index in [0.717, 1.165) is 22.6 Å². The molecule has 3 rings (SSSR count). The molecular formula is C10H8N4O3S. The number of H-pyrrole nitrogens is 2. The number of imidazole rings is 1. The number of aromatic nitrogens is 3. The van der Waals surface area contributed by atoms with Gasteiger partial charge in [0, 0.05) is 5.38 Å². The highest BCUT2D eigenvalue weighted by Crippen LogP contribution is 2.15. The zero-order valence-electron chi connectivity index (χ0n) is 8.99. The van der Waals surface area contributed by atoms with Crippen molar-refractivity contribution in [1.29, 1.82) is 0 Å². The van der Waals surface area contributed by atoms with Crippen molar-refractivity contribution in [3.8, 4) is 11.5 Å². The highest BCUT2D eigenvalue weighted by atomic mass is 32.1. The highest BCUT2D eigenvalue weighted by molar-refractivity contribution is 7.07. The minimum atomic E-state index is -1.75. The molecule has 0 spiro atoms. The molecule has 0 aliphatic carbocycles. The summed E-state index contributed by atoms with van der Waals surface area (Å²) in [6, 6.07) is 8.11. The fourth-order valence-electron chi connectivity index (χ4n) is 1.47. The molecule has 0 saturated heterocycles. The summed E-state index contributed by atoms with van der Waals surface area (Å²) >= 11 is 1.59. The van der Waals surface area contributed by atoms with Crippen LogP contribution in [0.4, 0.5) is 0 Å². The van der Waals surface area contributed by atoms with E-state index in [1.165, 1.54) is 0 Å². The van der Waals surface area contributed by atoms with Gasteiger partial charge in [-0.15, -0.1) is 11.3 Å². The Hall–Kier alpha value is -2.48. The van der Waals surface area contributed by atoms with Crippen LogP contribution >= 0.6 is 11.3 Å². The maximum absolute atomic E-state index is 8.25.